The zero-order valence-electron chi connectivity index (χ0n) is 13.1. The summed E-state index contributed by atoms with van der Waals surface area (Å²) in [5.41, 5.74) is 1.32. The van der Waals surface area contributed by atoms with Gasteiger partial charge in [-0.25, -0.2) is 0 Å². The Labute approximate surface area is 139 Å². The van der Waals surface area contributed by atoms with Gasteiger partial charge in [-0.15, -0.1) is 11.8 Å². The molecule has 2 aromatic carbocycles. The van der Waals surface area contributed by atoms with Crippen LogP contribution in [0.25, 0.3) is 0 Å². The average molecular weight is 330 g/mol. The highest BCUT2D eigenvalue weighted by molar-refractivity contribution is 7.98. The van der Waals surface area contributed by atoms with Crippen LogP contribution in [0.2, 0.25) is 0 Å². The van der Waals surface area contributed by atoms with E-state index in [0.29, 0.717) is 11.3 Å². The van der Waals surface area contributed by atoms with Crippen LogP contribution in [0.1, 0.15) is 15.9 Å². The Morgan fingerprint density at radius 3 is 2.48 bits per heavy atom. The van der Waals surface area contributed by atoms with E-state index in [2.05, 4.69) is 0 Å². The summed E-state index contributed by atoms with van der Waals surface area (Å²) in [6, 6.07) is 14.4. The smallest absolute Gasteiger partial charge is 0.310 e. The van der Waals surface area contributed by atoms with Gasteiger partial charge in [0.1, 0.15) is 5.75 Å². The predicted octanol–water partition coefficient (Wildman–Crippen LogP) is 3.39. The Balaban J connectivity index is 1.86. The summed E-state index contributed by atoms with van der Waals surface area (Å²) in [6.45, 7) is -0.249. The molecule has 0 amide bonds. The number of benzene rings is 2. The minimum Gasteiger partial charge on any atom is -0.497 e. The summed E-state index contributed by atoms with van der Waals surface area (Å²) < 4.78 is 10.2. The van der Waals surface area contributed by atoms with Gasteiger partial charge in [0.05, 0.1) is 13.5 Å². The van der Waals surface area contributed by atoms with Crippen molar-refractivity contribution in [2.45, 2.75) is 11.3 Å². The molecule has 0 bridgehead atoms. The number of hydrogen-bond donors (Lipinski definition) is 0. The van der Waals surface area contributed by atoms with E-state index < -0.39 is 5.97 Å². The van der Waals surface area contributed by atoms with Crippen molar-refractivity contribution >= 4 is 23.5 Å². The van der Waals surface area contributed by atoms with Crippen LogP contribution in [0.15, 0.2) is 53.4 Å². The Morgan fingerprint density at radius 1 is 1.09 bits per heavy atom. The molecule has 0 heterocycles. The fourth-order valence-corrected chi connectivity index (χ4v) is 2.41. The van der Waals surface area contributed by atoms with Crippen molar-refractivity contribution < 1.29 is 19.1 Å². The third-order valence-electron chi connectivity index (χ3n) is 3.26. The molecule has 0 saturated carbocycles. The molecule has 23 heavy (non-hydrogen) atoms. The van der Waals surface area contributed by atoms with Gasteiger partial charge in [-0.3, -0.25) is 9.59 Å². The predicted molar refractivity (Wildman–Crippen MR) is 90.2 cm³/mol. The Kier molecular flexibility index (Phi) is 6.23. The first kappa shape index (κ1) is 17.1. The minimum absolute atomic E-state index is 0.107. The van der Waals surface area contributed by atoms with E-state index in [1.807, 2.05) is 24.5 Å². The van der Waals surface area contributed by atoms with E-state index >= 15 is 0 Å². The first-order valence-electron chi connectivity index (χ1n) is 7.08. The van der Waals surface area contributed by atoms with Crippen LogP contribution < -0.4 is 4.74 Å². The first-order valence-corrected chi connectivity index (χ1v) is 8.30. The maximum atomic E-state index is 12.0. The second-order valence-electron chi connectivity index (χ2n) is 4.84. The Bertz CT molecular complexity index is 680. The topological polar surface area (TPSA) is 52.6 Å². The van der Waals surface area contributed by atoms with Gasteiger partial charge in [0.25, 0.3) is 0 Å². The monoisotopic (exact) mass is 330 g/mol. The van der Waals surface area contributed by atoms with Crippen molar-refractivity contribution in [2.24, 2.45) is 0 Å². The lowest BCUT2D eigenvalue weighted by Crippen LogP contribution is -2.15. The van der Waals surface area contributed by atoms with Gasteiger partial charge < -0.3 is 9.47 Å². The first-order chi connectivity index (χ1) is 11.1. The number of esters is 1. The zero-order valence-corrected chi connectivity index (χ0v) is 13.9. The lowest BCUT2D eigenvalue weighted by molar-refractivity contribution is -0.141. The van der Waals surface area contributed by atoms with Gasteiger partial charge >= 0.3 is 5.97 Å². The molecule has 0 aliphatic heterocycles. The van der Waals surface area contributed by atoms with Gasteiger partial charge in [0.2, 0.25) is 0 Å². The largest absolute Gasteiger partial charge is 0.497 e. The molecule has 2 rings (SSSR count). The summed E-state index contributed by atoms with van der Waals surface area (Å²) in [4.78, 5) is 24.9. The summed E-state index contributed by atoms with van der Waals surface area (Å²) in [5.74, 6) is 0.0317. The summed E-state index contributed by atoms with van der Waals surface area (Å²) in [5, 5.41) is 0. The van der Waals surface area contributed by atoms with Gasteiger partial charge in [0, 0.05) is 10.5 Å². The number of ether oxygens (including phenoxy) is 2. The maximum Gasteiger partial charge on any atom is 0.310 e. The lowest BCUT2D eigenvalue weighted by atomic mass is 10.1. The lowest BCUT2D eigenvalue weighted by Gasteiger charge is -2.06. The molecule has 0 N–H and O–H groups in total. The van der Waals surface area contributed by atoms with Crippen molar-refractivity contribution in [3.05, 3.63) is 59.7 Å². The van der Waals surface area contributed by atoms with Crippen LogP contribution in [-0.2, 0) is 16.0 Å². The van der Waals surface area contributed by atoms with E-state index in [1.54, 1.807) is 49.2 Å². The maximum absolute atomic E-state index is 12.0. The standard InChI is InChI=1S/C18H18O4S/c1-21-15-5-3-4-13(10-15)11-18(20)22-12-17(19)14-6-8-16(23-2)9-7-14/h3-10H,11-12H2,1-2H3. The highest BCUT2D eigenvalue weighted by atomic mass is 32.2. The van der Waals surface area contributed by atoms with Crippen molar-refractivity contribution in [2.75, 3.05) is 20.0 Å². The van der Waals surface area contributed by atoms with E-state index in [1.165, 1.54) is 0 Å². The van der Waals surface area contributed by atoms with Crippen molar-refractivity contribution in [1.82, 2.24) is 0 Å². The molecule has 0 spiro atoms. The number of hydrogen-bond acceptors (Lipinski definition) is 5. The van der Waals surface area contributed by atoms with Crippen LogP contribution in [-0.4, -0.2) is 31.7 Å². The fraction of sp³-hybridized carbons (Fsp3) is 0.222. The molecule has 0 atom stereocenters. The van der Waals surface area contributed by atoms with Gasteiger partial charge in [-0.05, 0) is 36.1 Å². The van der Waals surface area contributed by atoms with E-state index in [4.69, 9.17) is 9.47 Å². The average Bonchev–Trinajstić information content (AvgIpc) is 2.60. The molecular formula is C18H18O4S. The molecule has 4 nitrogen and oxygen atoms in total. The van der Waals surface area contributed by atoms with Gasteiger partial charge in [-0.2, -0.15) is 0 Å². The Hall–Kier alpha value is -2.27. The van der Waals surface area contributed by atoms with Gasteiger partial charge in [-0.1, -0.05) is 24.3 Å². The highest BCUT2D eigenvalue weighted by Crippen LogP contribution is 2.16. The molecule has 120 valence electrons. The third-order valence-corrected chi connectivity index (χ3v) is 4.00. The number of carbonyl (C=O) groups is 2. The minimum atomic E-state index is -0.438. The number of methoxy groups -OCH3 is 1. The second-order valence-corrected chi connectivity index (χ2v) is 5.72. The number of carbonyl (C=O) groups excluding carboxylic acids is 2. The van der Waals surface area contributed by atoms with Crippen molar-refractivity contribution in [3.63, 3.8) is 0 Å². The normalized spacial score (nSPS) is 10.2. The SMILES string of the molecule is COc1cccc(CC(=O)OCC(=O)c2ccc(SC)cc2)c1. The number of rotatable bonds is 7. The van der Waals surface area contributed by atoms with Gasteiger partial charge in [0.15, 0.2) is 12.4 Å². The van der Waals surface area contributed by atoms with Crippen LogP contribution in [0, 0.1) is 0 Å². The quantitative estimate of drug-likeness (QED) is 0.442. The van der Waals surface area contributed by atoms with Crippen molar-refractivity contribution in [1.29, 1.82) is 0 Å². The second kappa shape index (κ2) is 8.39. The number of Topliss-reactive ketones (excluding diaryl/α,β-unsaturated/α-hetero) is 1. The van der Waals surface area contributed by atoms with Crippen molar-refractivity contribution in [3.8, 4) is 5.75 Å². The summed E-state index contributed by atoms with van der Waals surface area (Å²) >= 11 is 1.60. The molecule has 0 aromatic heterocycles. The van der Waals surface area contributed by atoms with E-state index in [0.717, 1.165) is 10.5 Å². The molecule has 0 aliphatic rings. The molecule has 0 unspecified atom stereocenters. The molecule has 2 aromatic rings. The summed E-state index contributed by atoms with van der Waals surface area (Å²) in [7, 11) is 1.57. The fourth-order valence-electron chi connectivity index (χ4n) is 2.01. The molecular weight excluding hydrogens is 312 g/mol. The van der Waals surface area contributed by atoms with Crippen LogP contribution >= 0.6 is 11.8 Å². The Morgan fingerprint density at radius 2 is 1.83 bits per heavy atom. The molecule has 0 aliphatic carbocycles. The molecule has 0 saturated heterocycles. The molecule has 0 fully saturated rings. The zero-order chi connectivity index (χ0) is 16.7. The van der Waals surface area contributed by atoms with E-state index in [9.17, 15) is 9.59 Å². The number of ketones is 1. The third kappa shape index (κ3) is 5.14. The number of thioether (sulfide) groups is 1. The van der Waals surface area contributed by atoms with Crippen LogP contribution in [0.3, 0.4) is 0 Å². The molecule has 5 heteroatoms. The van der Waals surface area contributed by atoms with Crippen LogP contribution in [0.4, 0.5) is 0 Å². The van der Waals surface area contributed by atoms with E-state index in [-0.39, 0.29) is 18.8 Å². The summed E-state index contributed by atoms with van der Waals surface area (Å²) in [6.07, 6.45) is 2.08. The van der Waals surface area contributed by atoms with Crippen LogP contribution in [0.5, 0.6) is 5.75 Å². The molecule has 0 radical (unpaired) electrons. The highest BCUT2D eigenvalue weighted by Gasteiger charge is 2.11.